The Kier molecular flexibility index (Phi) is 6.29. The molecular formula is C20H23BrClN3O2Si-. The van der Waals surface area contributed by atoms with Gasteiger partial charge in [-0.25, -0.2) is 4.98 Å². The topological polar surface area (TPSA) is 70.1 Å². The lowest BCUT2D eigenvalue weighted by Crippen LogP contribution is -2.22. The number of nitrogens with two attached hydrogens (primary N) is 1. The highest BCUT2D eigenvalue weighted by atomic mass is 79.9. The van der Waals surface area contributed by atoms with Gasteiger partial charge in [-0.15, -0.1) is 14.1 Å². The van der Waals surface area contributed by atoms with E-state index >= 15 is 0 Å². The van der Waals surface area contributed by atoms with E-state index in [2.05, 4.69) is 40.6 Å². The number of hydrogen-bond acceptors (Lipinski definition) is 4. The average molecular weight is 481 g/mol. The third-order valence-electron chi connectivity index (χ3n) is 4.45. The lowest BCUT2D eigenvalue weighted by Gasteiger charge is -2.26. The molecule has 0 radical (unpaired) electrons. The first-order valence-electron chi connectivity index (χ1n) is 8.98. The van der Waals surface area contributed by atoms with E-state index in [1.807, 2.05) is 12.1 Å². The Morgan fingerprint density at radius 1 is 1.29 bits per heavy atom. The number of nitrogen functional groups attached to an aromatic ring is 1. The lowest BCUT2D eigenvalue weighted by atomic mass is 10.0. The van der Waals surface area contributed by atoms with E-state index in [0.717, 1.165) is 10.5 Å². The highest BCUT2D eigenvalue weighted by molar-refractivity contribution is 9.10. The van der Waals surface area contributed by atoms with Gasteiger partial charge in [-0.2, -0.15) is 19.6 Å². The minimum atomic E-state index is -1.17. The third kappa shape index (κ3) is 4.65. The SMILES string of the molecule is C[Si-](C)(C)CCOCn1c(Cl)cc2c(C(=O)c3ccc(Br)cc3)c(N)cnc21. The molecule has 2 heterocycles. The van der Waals surface area contributed by atoms with Crippen molar-refractivity contribution in [1.29, 1.82) is 0 Å². The maximum Gasteiger partial charge on any atom is 0.195 e. The number of benzene rings is 1. The van der Waals surface area contributed by atoms with Gasteiger partial charge in [-0.3, -0.25) is 9.36 Å². The molecule has 0 bridgehead atoms. The van der Waals surface area contributed by atoms with Gasteiger partial charge in [-0.1, -0.05) is 27.5 Å². The van der Waals surface area contributed by atoms with E-state index in [1.165, 1.54) is 6.20 Å². The Balaban J connectivity index is 1.93. The molecule has 149 valence electrons. The van der Waals surface area contributed by atoms with E-state index in [-0.39, 0.29) is 12.5 Å². The fraction of sp³-hybridized carbons (Fsp3) is 0.300. The first-order valence-corrected chi connectivity index (χ1v) is 13.9. The van der Waals surface area contributed by atoms with Crippen molar-refractivity contribution in [3.05, 3.63) is 57.3 Å². The van der Waals surface area contributed by atoms with Crippen molar-refractivity contribution < 1.29 is 9.53 Å². The number of nitrogens with zero attached hydrogens (tertiary/aromatic N) is 2. The van der Waals surface area contributed by atoms with Crippen molar-refractivity contribution >= 4 is 58.1 Å². The van der Waals surface area contributed by atoms with E-state index in [4.69, 9.17) is 22.1 Å². The van der Waals surface area contributed by atoms with Crippen LogP contribution >= 0.6 is 27.5 Å². The zero-order valence-corrected chi connectivity index (χ0v) is 19.5. The number of aromatic nitrogens is 2. The Labute approximate surface area is 179 Å². The number of pyridine rings is 1. The molecular weight excluding hydrogens is 458 g/mol. The number of carbonyl (C=O) groups excluding carboxylic acids is 1. The molecule has 0 unspecified atom stereocenters. The third-order valence-corrected chi connectivity index (χ3v) is 7.00. The standard InChI is InChI=1S/C20H23BrClN3O2Si/c1-28(2,3)9-8-27-12-25-17(22)10-15-18(16(23)11-24-20(15)25)19(26)13-4-6-14(21)7-5-13/h4-7,10-11H,8-9,12,23H2,1-3H3/q-1. The number of anilines is 1. The molecule has 3 aromatic rings. The molecule has 2 aromatic heterocycles. The molecule has 0 saturated heterocycles. The second-order valence-corrected chi connectivity index (χ2v) is 14.8. The van der Waals surface area contributed by atoms with Crippen LogP contribution in [0, 0.1) is 0 Å². The number of rotatable bonds is 7. The van der Waals surface area contributed by atoms with Crippen LogP contribution in [0.2, 0.25) is 30.8 Å². The summed E-state index contributed by atoms with van der Waals surface area (Å²) in [5.41, 5.74) is 8.00. The van der Waals surface area contributed by atoms with Crippen LogP contribution in [-0.2, 0) is 11.5 Å². The first-order chi connectivity index (χ1) is 13.2. The van der Waals surface area contributed by atoms with E-state index in [1.54, 1.807) is 22.8 Å². The fourth-order valence-electron chi connectivity index (χ4n) is 2.84. The second-order valence-electron chi connectivity index (χ2n) is 7.90. The Morgan fingerprint density at radius 3 is 2.61 bits per heavy atom. The van der Waals surface area contributed by atoms with E-state index in [9.17, 15) is 4.79 Å². The van der Waals surface area contributed by atoms with Gasteiger partial charge in [0.25, 0.3) is 0 Å². The second kappa shape index (κ2) is 8.37. The smallest absolute Gasteiger partial charge is 0.195 e. The molecule has 8 heteroatoms. The molecule has 5 nitrogen and oxygen atoms in total. The summed E-state index contributed by atoms with van der Waals surface area (Å²) in [5, 5.41) is 1.10. The summed E-state index contributed by atoms with van der Waals surface area (Å²) >= 11 is 9.81. The van der Waals surface area contributed by atoms with Crippen LogP contribution in [0.5, 0.6) is 0 Å². The van der Waals surface area contributed by atoms with Gasteiger partial charge in [0.1, 0.15) is 17.5 Å². The molecule has 2 N–H and O–H groups in total. The van der Waals surface area contributed by atoms with Crippen molar-refractivity contribution in [3.63, 3.8) is 0 Å². The van der Waals surface area contributed by atoms with E-state index < -0.39 is 8.07 Å². The molecule has 0 fully saturated rings. The summed E-state index contributed by atoms with van der Waals surface area (Å²) in [5.74, 6) is -0.161. The quantitative estimate of drug-likeness (QED) is 0.272. The summed E-state index contributed by atoms with van der Waals surface area (Å²) in [6, 6.07) is 9.97. The Hall–Kier alpha value is -1.67. The molecule has 1 aromatic carbocycles. The number of fused-ring (bicyclic) bond motifs is 1. The van der Waals surface area contributed by atoms with Gasteiger partial charge in [0.2, 0.25) is 0 Å². The molecule has 0 aliphatic carbocycles. The number of ketones is 1. The maximum atomic E-state index is 13.1. The fourth-order valence-corrected chi connectivity index (χ4v) is 4.10. The summed E-state index contributed by atoms with van der Waals surface area (Å²) < 4.78 is 8.49. The van der Waals surface area contributed by atoms with Gasteiger partial charge >= 0.3 is 0 Å². The van der Waals surface area contributed by atoms with Gasteiger partial charge in [0.15, 0.2) is 5.78 Å². The van der Waals surface area contributed by atoms with Crippen molar-refractivity contribution in [2.24, 2.45) is 0 Å². The molecule has 3 rings (SSSR count). The van der Waals surface area contributed by atoms with Crippen LogP contribution in [0.3, 0.4) is 0 Å². The normalized spacial score (nSPS) is 11.9. The molecule has 0 aliphatic heterocycles. The first kappa shape index (κ1) is 21.0. The van der Waals surface area contributed by atoms with Crippen LogP contribution < -0.4 is 5.73 Å². The summed E-state index contributed by atoms with van der Waals surface area (Å²) in [4.78, 5) is 17.5. The number of carbonyl (C=O) groups is 1. The molecule has 0 aliphatic rings. The van der Waals surface area contributed by atoms with Crippen LogP contribution in [0.1, 0.15) is 15.9 Å². The van der Waals surface area contributed by atoms with Crippen molar-refractivity contribution in [2.75, 3.05) is 12.3 Å². The van der Waals surface area contributed by atoms with E-state index in [0.29, 0.717) is 39.6 Å². The van der Waals surface area contributed by atoms with Crippen molar-refractivity contribution in [2.45, 2.75) is 32.4 Å². The largest absolute Gasteiger partial charge is 0.397 e. The Bertz CT molecular complexity index is 1010. The lowest BCUT2D eigenvalue weighted by molar-refractivity contribution is 0.0900. The number of ether oxygens (including phenoxy) is 1. The van der Waals surface area contributed by atoms with Crippen LogP contribution in [0.15, 0.2) is 41.0 Å². The highest BCUT2D eigenvalue weighted by Crippen LogP contribution is 2.30. The summed E-state index contributed by atoms with van der Waals surface area (Å²) in [6.45, 7) is 7.87. The number of hydrogen-bond donors (Lipinski definition) is 1. The van der Waals surface area contributed by atoms with Crippen LogP contribution in [0.4, 0.5) is 5.69 Å². The monoisotopic (exact) mass is 479 g/mol. The minimum absolute atomic E-state index is 0.161. The van der Waals surface area contributed by atoms with Gasteiger partial charge in [0, 0.05) is 22.0 Å². The average Bonchev–Trinajstić information content (AvgIpc) is 2.93. The van der Waals surface area contributed by atoms with Gasteiger partial charge in [-0.05, 0) is 30.3 Å². The molecule has 0 saturated carbocycles. The summed E-state index contributed by atoms with van der Waals surface area (Å²) in [6.07, 6.45) is 1.50. The predicted molar refractivity (Wildman–Crippen MR) is 121 cm³/mol. The van der Waals surface area contributed by atoms with Crippen molar-refractivity contribution in [3.8, 4) is 0 Å². The zero-order valence-electron chi connectivity index (χ0n) is 16.1. The molecule has 0 spiro atoms. The molecule has 0 atom stereocenters. The molecule has 0 amide bonds. The zero-order chi connectivity index (χ0) is 20.5. The van der Waals surface area contributed by atoms with Crippen LogP contribution in [-0.4, -0.2) is 30.0 Å². The maximum absolute atomic E-state index is 13.1. The predicted octanol–water partition coefficient (Wildman–Crippen LogP) is 5.58. The Morgan fingerprint density at radius 2 is 1.96 bits per heavy atom. The van der Waals surface area contributed by atoms with Gasteiger partial charge < -0.3 is 10.5 Å². The van der Waals surface area contributed by atoms with Crippen LogP contribution in [0.25, 0.3) is 11.0 Å². The number of halogens is 2. The van der Waals surface area contributed by atoms with Crippen molar-refractivity contribution in [1.82, 2.24) is 9.55 Å². The molecule has 28 heavy (non-hydrogen) atoms. The minimum Gasteiger partial charge on any atom is -0.397 e. The van der Waals surface area contributed by atoms with Gasteiger partial charge in [0.05, 0.1) is 17.4 Å². The summed E-state index contributed by atoms with van der Waals surface area (Å²) in [7, 11) is -1.17. The highest BCUT2D eigenvalue weighted by Gasteiger charge is 2.20.